The molecule has 0 bridgehead atoms. The van der Waals surface area contributed by atoms with Crippen molar-refractivity contribution < 1.29 is 23.1 Å². The molecule has 0 aromatic heterocycles. The van der Waals surface area contributed by atoms with Gasteiger partial charge < -0.3 is 10.4 Å². The predicted octanol–water partition coefficient (Wildman–Crippen LogP) is 5.77. The summed E-state index contributed by atoms with van der Waals surface area (Å²) < 4.78 is 46.1. The van der Waals surface area contributed by atoms with Crippen LogP contribution in [0, 0.1) is 24.4 Å². The van der Waals surface area contributed by atoms with E-state index in [9.17, 15) is 9.90 Å². The number of hydrogen-bond acceptors (Lipinski definition) is 4. The van der Waals surface area contributed by atoms with Crippen LogP contribution in [0.5, 0.6) is 0 Å². The zero-order chi connectivity index (χ0) is 24.3. The third kappa shape index (κ3) is 4.82. The van der Waals surface area contributed by atoms with E-state index in [1.165, 1.54) is 13.0 Å². The van der Waals surface area contributed by atoms with Crippen LogP contribution >= 0.6 is 9.24 Å². The number of benzene rings is 3. The van der Waals surface area contributed by atoms with Crippen LogP contribution in [0.3, 0.4) is 0 Å². The Kier molecular flexibility index (Phi) is 7.61. The largest absolute Gasteiger partial charge is 0.478 e. The van der Waals surface area contributed by atoms with Crippen molar-refractivity contribution >= 4 is 26.2 Å². The molecule has 9 heteroatoms. The minimum Gasteiger partial charge on any atom is -0.478 e. The van der Waals surface area contributed by atoms with Crippen LogP contribution in [-0.2, 0) is 6.54 Å². The lowest BCUT2D eigenvalue weighted by atomic mass is 9.94. The average molecular weight is 473 g/mol. The maximum atomic E-state index is 15.5. The lowest BCUT2D eigenvalue weighted by Crippen LogP contribution is -2.13. The Labute approximate surface area is 192 Å². The Morgan fingerprint density at radius 3 is 2.39 bits per heavy atom. The highest BCUT2D eigenvalue weighted by Crippen LogP contribution is 2.37. The number of carboxylic acid groups (broad SMARTS) is 1. The van der Waals surface area contributed by atoms with E-state index >= 15 is 13.2 Å². The first-order valence-corrected chi connectivity index (χ1v) is 10.7. The number of rotatable bonds is 7. The van der Waals surface area contributed by atoms with Gasteiger partial charge in [-0.25, -0.2) is 18.0 Å². The second-order valence-corrected chi connectivity index (χ2v) is 7.94. The van der Waals surface area contributed by atoms with Crippen LogP contribution in [0.4, 0.5) is 18.9 Å². The fourth-order valence-electron chi connectivity index (χ4n) is 3.57. The van der Waals surface area contributed by atoms with E-state index in [-0.39, 0.29) is 33.2 Å². The van der Waals surface area contributed by atoms with Crippen molar-refractivity contribution in [1.29, 1.82) is 0 Å². The molecule has 172 valence electrons. The van der Waals surface area contributed by atoms with E-state index < -0.39 is 29.0 Å². The van der Waals surface area contributed by atoms with E-state index in [0.29, 0.717) is 18.7 Å². The summed E-state index contributed by atoms with van der Waals surface area (Å²) in [4.78, 5) is 11.7. The highest BCUT2D eigenvalue weighted by Gasteiger charge is 2.26. The van der Waals surface area contributed by atoms with Gasteiger partial charge in [0.15, 0.2) is 11.6 Å². The molecular formula is C24H23F3N3O2P. The van der Waals surface area contributed by atoms with Gasteiger partial charge in [0.05, 0.1) is 23.4 Å². The molecule has 0 radical (unpaired) electrons. The Hall–Kier alpha value is -3.09. The number of aromatic carboxylic acids is 1. The predicted molar refractivity (Wildman–Crippen MR) is 126 cm³/mol. The Balaban J connectivity index is 2.29. The summed E-state index contributed by atoms with van der Waals surface area (Å²) >= 11 is 0. The molecule has 0 aliphatic rings. The standard InChI is InChI=1S/C24H23F3N3O2P/c1-4-29-30-17-10-15(9-16(12(17)2)24(31)32)18-20(25)21(26)19(23(33)22(18)27)14-7-5-6-13(8-14)11-28-3/h5-10,28H,4,11,33H2,1-3H3,(H,31,32). The SMILES string of the molecule is CCN=Nc1cc(-c2c(F)c(F)c(-c3cccc(CNC)c3)c(P)c2F)cc(C(=O)O)c1C. The molecule has 0 aliphatic carbocycles. The van der Waals surface area contributed by atoms with Gasteiger partial charge in [-0.05, 0) is 61.3 Å². The maximum absolute atomic E-state index is 15.5. The molecule has 0 amide bonds. The van der Waals surface area contributed by atoms with Crippen molar-refractivity contribution in [2.45, 2.75) is 20.4 Å². The normalized spacial score (nSPS) is 11.4. The molecule has 0 saturated carbocycles. The topological polar surface area (TPSA) is 74.0 Å². The highest BCUT2D eigenvalue weighted by molar-refractivity contribution is 7.28. The number of nitrogens with one attached hydrogen (secondary N) is 1. The van der Waals surface area contributed by atoms with Gasteiger partial charge in [-0.3, -0.25) is 0 Å². The number of halogens is 3. The Morgan fingerprint density at radius 1 is 1.06 bits per heavy atom. The van der Waals surface area contributed by atoms with Crippen LogP contribution in [0.2, 0.25) is 0 Å². The van der Waals surface area contributed by atoms with Crippen molar-refractivity contribution in [2.75, 3.05) is 13.6 Å². The zero-order valence-electron chi connectivity index (χ0n) is 18.3. The smallest absolute Gasteiger partial charge is 0.336 e. The Bertz CT molecular complexity index is 1230. The molecular weight excluding hydrogens is 450 g/mol. The van der Waals surface area contributed by atoms with E-state index in [2.05, 4.69) is 24.8 Å². The first-order chi connectivity index (χ1) is 15.7. The number of carboxylic acids is 1. The van der Waals surface area contributed by atoms with Gasteiger partial charge in [0, 0.05) is 17.4 Å². The van der Waals surface area contributed by atoms with Gasteiger partial charge in [-0.2, -0.15) is 10.2 Å². The van der Waals surface area contributed by atoms with Crippen molar-refractivity contribution in [1.82, 2.24) is 5.32 Å². The summed E-state index contributed by atoms with van der Waals surface area (Å²) in [7, 11) is 3.88. The highest BCUT2D eigenvalue weighted by atomic mass is 31.0. The zero-order valence-corrected chi connectivity index (χ0v) is 19.5. The third-order valence-corrected chi connectivity index (χ3v) is 5.71. The van der Waals surface area contributed by atoms with Crippen LogP contribution in [0.15, 0.2) is 46.6 Å². The minimum atomic E-state index is -1.41. The summed E-state index contributed by atoms with van der Waals surface area (Å²) in [6, 6.07) is 9.13. The van der Waals surface area contributed by atoms with E-state index in [4.69, 9.17) is 0 Å². The van der Waals surface area contributed by atoms with Gasteiger partial charge in [-0.15, -0.1) is 9.24 Å². The van der Waals surface area contributed by atoms with Gasteiger partial charge in [0.1, 0.15) is 5.82 Å². The van der Waals surface area contributed by atoms with Crippen molar-refractivity contribution in [3.05, 3.63) is 70.5 Å². The maximum Gasteiger partial charge on any atom is 0.336 e. The van der Waals surface area contributed by atoms with Crippen molar-refractivity contribution in [3.63, 3.8) is 0 Å². The summed E-state index contributed by atoms with van der Waals surface area (Å²) in [5.41, 5.74) is 0.341. The Morgan fingerprint density at radius 2 is 1.76 bits per heavy atom. The van der Waals surface area contributed by atoms with Gasteiger partial charge in [0.2, 0.25) is 0 Å². The molecule has 2 N–H and O–H groups in total. The van der Waals surface area contributed by atoms with Crippen LogP contribution in [0.1, 0.15) is 28.4 Å². The third-order valence-electron chi connectivity index (χ3n) is 5.17. The number of nitrogens with zero attached hydrogens (tertiary/aromatic N) is 2. The summed E-state index contributed by atoms with van der Waals surface area (Å²) in [6.45, 7) is 4.09. The molecule has 3 aromatic rings. The summed E-state index contributed by atoms with van der Waals surface area (Å²) in [6.07, 6.45) is 0. The van der Waals surface area contributed by atoms with Crippen LogP contribution in [0.25, 0.3) is 22.3 Å². The van der Waals surface area contributed by atoms with E-state index in [1.54, 1.807) is 32.2 Å². The number of azo groups is 1. The fourth-order valence-corrected chi connectivity index (χ4v) is 4.01. The first-order valence-electron chi connectivity index (χ1n) is 10.2. The molecule has 3 rings (SSSR count). The van der Waals surface area contributed by atoms with Gasteiger partial charge in [-0.1, -0.05) is 18.2 Å². The molecule has 1 unspecified atom stereocenters. The summed E-state index contributed by atoms with van der Waals surface area (Å²) in [5, 5.41) is 20.2. The molecule has 0 aliphatic heterocycles. The minimum absolute atomic E-state index is 0.139. The van der Waals surface area contributed by atoms with Crippen LogP contribution in [-0.4, -0.2) is 24.7 Å². The fraction of sp³-hybridized carbons (Fsp3) is 0.208. The molecule has 33 heavy (non-hydrogen) atoms. The lowest BCUT2D eigenvalue weighted by molar-refractivity contribution is 0.0696. The quantitative estimate of drug-likeness (QED) is 0.260. The molecule has 0 saturated heterocycles. The first kappa shape index (κ1) is 24.6. The molecule has 5 nitrogen and oxygen atoms in total. The lowest BCUT2D eigenvalue weighted by Gasteiger charge is -2.16. The number of hydrogen-bond donors (Lipinski definition) is 2. The molecule has 3 aromatic carbocycles. The van der Waals surface area contributed by atoms with Gasteiger partial charge >= 0.3 is 5.97 Å². The monoisotopic (exact) mass is 473 g/mol. The average Bonchev–Trinajstić information content (AvgIpc) is 2.78. The van der Waals surface area contributed by atoms with Crippen LogP contribution < -0.4 is 10.6 Å². The van der Waals surface area contributed by atoms with E-state index in [0.717, 1.165) is 11.6 Å². The van der Waals surface area contributed by atoms with Crippen molar-refractivity contribution in [3.8, 4) is 22.3 Å². The second kappa shape index (κ2) is 10.2. The summed E-state index contributed by atoms with van der Waals surface area (Å²) in [5.74, 6) is -4.95. The molecule has 0 spiro atoms. The second-order valence-electron chi connectivity index (χ2n) is 7.37. The van der Waals surface area contributed by atoms with E-state index in [1.807, 2.05) is 6.07 Å². The van der Waals surface area contributed by atoms with Crippen molar-refractivity contribution in [2.24, 2.45) is 10.2 Å². The molecule has 0 heterocycles. The van der Waals surface area contributed by atoms with Gasteiger partial charge in [0.25, 0.3) is 0 Å². The molecule has 1 atom stereocenters. The number of carbonyl (C=O) groups is 1. The molecule has 0 fully saturated rings.